The summed E-state index contributed by atoms with van der Waals surface area (Å²) in [6, 6.07) is 15.8. The van der Waals surface area contributed by atoms with E-state index in [9.17, 15) is 28.8 Å². The van der Waals surface area contributed by atoms with Crippen LogP contribution in [0.5, 0.6) is 0 Å². The quantitative estimate of drug-likeness (QED) is 0.312. The first-order valence-electron chi connectivity index (χ1n) is 12.2. The molecule has 2 aromatic carbocycles. The van der Waals surface area contributed by atoms with Crippen LogP contribution in [0.15, 0.2) is 76.4 Å². The van der Waals surface area contributed by atoms with Crippen LogP contribution >= 0.6 is 0 Å². The Morgan fingerprint density at radius 2 is 1.62 bits per heavy atom. The molecule has 208 valence electrons. The van der Waals surface area contributed by atoms with Gasteiger partial charge in [0.05, 0.1) is 17.7 Å². The van der Waals surface area contributed by atoms with Crippen LogP contribution < -0.4 is 22.3 Å². The number of nitrogens with zero attached hydrogens (tertiary/aromatic N) is 1. The number of amides is 2. The van der Waals surface area contributed by atoms with Crippen molar-refractivity contribution in [2.75, 3.05) is 13.2 Å². The van der Waals surface area contributed by atoms with Gasteiger partial charge < -0.3 is 25.3 Å². The number of carbonyl (C=O) groups excluding carboxylic acids is 4. The Hall–Kier alpha value is -5.04. The monoisotopic (exact) mass is 550 g/mol. The van der Waals surface area contributed by atoms with Gasteiger partial charge in [-0.25, -0.2) is 14.4 Å². The number of aromatic amines is 1. The van der Waals surface area contributed by atoms with E-state index in [0.29, 0.717) is 0 Å². The van der Waals surface area contributed by atoms with Gasteiger partial charge >= 0.3 is 17.6 Å². The molecule has 1 aromatic heterocycles. The van der Waals surface area contributed by atoms with Gasteiger partial charge in [0, 0.05) is 18.2 Å². The summed E-state index contributed by atoms with van der Waals surface area (Å²) < 4.78 is 18.2. The fourth-order valence-electron chi connectivity index (χ4n) is 4.17. The molecule has 0 bridgehead atoms. The van der Waals surface area contributed by atoms with Crippen LogP contribution in [0.1, 0.15) is 38.9 Å². The van der Waals surface area contributed by atoms with Gasteiger partial charge in [0.1, 0.15) is 18.9 Å². The molecule has 3 aromatic rings. The van der Waals surface area contributed by atoms with Crippen LogP contribution in [0.3, 0.4) is 0 Å². The Balaban J connectivity index is 1.74. The maximum Gasteiger partial charge on any atom is 0.338 e. The Labute approximate surface area is 226 Å². The van der Waals surface area contributed by atoms with Gasteiger partial charge in [-0.3, -0.25) is 23.9 Å². The van der Waals surface area contributed by atoms with Crippen LogP contribution in [0.25, 0.3) is 0 Å². The van der Waals surface area contributed by atoms with E-state index in [1.54, 1.807) is 36.4 Å². The first kappa shape index (κ1) is 28.0. The van der Waals surface area contributed by atoms with Crippen molar-refractivity contribution < 1.29 is 33.4 Å². The summed E-state index contributed by atoms with van der Waals surface area (Å²) in [5, 5.41) is 2.31. The highest BCUT2D eigenvalue weighted by Gasteiger charge is 2.58. The normalized spacial score (nSPS) is 19.9. The zero-order valence-electron chi connectivity index (χ0n) is 21.3. The number of hydrogen-bond donors (Lipinski definition) is 3. The third kappa shape index (κ3) is 5.99. The third-order valence-electron chi connectivity index (χ3n) is 6.23. The van der Waals surface area contributed by atoms with Gasteiger partial charge in [-0.15, -0.1) is 0 Å². The molecule has 0 radical (unpaired) electrons. The van der Waals surface area contributed by atoms with E-state index in [-0.39, 0.29) is 23.1 Å². The number of nitrogens with one attached hydrogen (secondary N) is 2. The molecule has 3 atom stereocenters. The molecule has 2 amide bonds. The topological polar surface area (TPSA) is 189 Å². The van der Waals surface area contributed by atoms with E-state index in [2.05, 4.69) is 10.3 Å². The molecule has 1 fully saturated rings. The summed E-state index contributed by atoms with van der Waals surface area (Å²) in [4.78, 5) is 77.5. The van der Waals surface area contributed by atoms with E-state index in [1.807, 2.05) is 0 Å². The molecule has 0 spiro atoms. The van der Waals surface area contributed by atoms with Crippen molar-refractivity contribution >= 4 is 23.8 Å². The summed E-state index contributed by atoms with van der Waals surface area (Å²) in [6.07, 6.45) is -1.68. The van der Waals surface area contributed by atoms with Crippen molar-refractivity contribution in [3.05, 3.63) is 104 Å². The molecule has 4 N–H and O–H groups in total. The number of aryl methyl sites for hydroxylation is 1. The van der Waals surface area contributed by atoms with Crippen molar-refractivity contribution in [1.82, 2.24) is 14.9 Å². The summed E-state index contributed by atoms with van der Waals surface area (Å²) in [7, 11) is 0. The summed E-state index contributed by atoms with van der Waals surface area (Å²) in [5.41, 5.74) is 2.04. The van der Waals surface area contributed by atoms with Gasteiger partial charge in [-0.1, -0.05) is 36.4 Å². The van der Waals surface area contributed by atoms with Gasteiger partial charge in [0.15, 0.2) is 0 Å². The standard InChI is InChI=1S/C27H26N4O9/c1-16-14-31(26(37)30-22(16)33)21-12-19(39-24(35)18-10-6-3-7-11-18)27(40-21,25(36)29-13-20(28)32)15-38-23(34)17-8-4-2-5-9-17/h2-11,14,19,21H,12-13,15H2,1H3,(H2,28,32)(H,29,36)(H,30,33,37)/t19-,21+,27+/m0/s1. The van der Waals surface area contributed by atoms with Crippen LogP contribution in [0.2, 0.25) is 0 Å². The maximum atomic E-state index is 13.6. The number of aromatic nitrogens is 2. The fraction of sp³-hybridized carbons (Fsp3) is 0.259. The number of nitrogens with two attached hydrogens (primary N) is 1. The van der Waals surface area contributed by atoms with E-state index >= 15 is 0 Å². The lowest BCUT2D eigenvalue weighted by Crippen LogP contribution is -2.58. The Bertz CT molecular complexity index is 1530. The minimum Gasteiger partial charge on any atom is -0.458 e. The second-order valence-corrected chi connectivity index (χ2v) is 9.03. The molecule has 13 heteroatoms. The van der Waals surface area contributed by atoms with Crippen molar-refractivity contribution in [1.29, 1.82) is 0 Å². The average molecular weight is 551 g/mol. The molecule has 0 unspecified atom stereocenters. The Morgan fingerprint density at radius 3 is 2.23 bits per heavy atom. The number of hydrogen-bond acceptors (Lipinski definition) is 9. The zero-order valence-corrected chi connectivity index (χ0v) is 21.3. The molecular weight excluding hydrogens is 524 g/mol. The first-order valence-corrected chi connectivity index (χ1v) is 12.2. The first-order chi connectivity index (χ1) is 19.1. The molecule has 2 heterocycles. The molecule has 0 aliphatic carbocycles. The maximum absolute atomic E-state index is 13.6. The van der Waals surface area contributed by atoms with Crippen LogP contribution in [0.4, 0.5) is 0 Å². The summed E-state index contributed by atoms with van der Waals surface area (Å²) in [5.74, 6) is -3.47. The van der Waals surface area contributed by atoms with Gasteiger partial charge in [0.25, 0.3) is 11.5 Å². The number of carbonyl (C=O) groups is 4. The van der Waals surface area contributed by atoms with E-state index in [4.69, 9.17) is 19.9 Å². The molecule has 1 aliphatic heterocycles. The molecule has 13 nitrogen and oxygen atoms in total. The van der Waals surface area contributed by atoms with Crippen molar-refractivity contribution in [3.63, 3.8) is 0 Å². The average Bonchev–Trinajstić information content (AvgIpc) is 3.32. The molecule has 40 heavy (non-hydrogen) atoms. The third-order valence-corrected chi connectivity index (χ3v) is 6.23. The number of benzene rings is 2. The molecule has 4 rings (SSSR count). The molecule has 0 saturated carbocycles. The second-order valence-electron chi connectivity index (χ2n) is 9.03. The number of rotatable bonds is 9. The number of ether oxygens (including phenoxy) is 3. The molecule has 1 aliphatic rings. The van der Waals surface area contributed by atoms with Crippen LogP contribution in [0, 0.1) is 6.92 Å². The highest BCUT2D eigenvalue weighted by molar-refractivity contribution is 5.93. The zero-order chi connectivity index (χ0) is 28.9. The van der Waals surface area contributed by atoms with Crippen LogP contribution in [-0.4, -0.2) is 58.2 Å². The SMILES string of the molecule is Cc1cn([C@H]2C[C@H](OC(=O)c3ccccc3)[C@](COC(=O)c3ccccc3)(C(=O)NCC(N)=O)O2)c(=O)[nH]c1=O. The smallest absolute Gasteiger partial charge is 0.338 e. The van der Waals surface area contributed by atoms with Crippen LogP contribution in [-0.2, 0) is 23.8 Å². The predicted molar refractivity (Wildman–Crippen MR) is 138 cm³/mol. The van der Waals surface area contributed by atoms with Crippen molar-refractivity contribution in [3.8, 4) is 0 Å². The van der Waals surface area contributed by atoms with E-state index in [1.165, 1.54) is 37.4 Å². The predicted octanol–water partition coefficient (Wildman–Crippen LogP) is 0.187. The Morgan fingerprint density at radius 1 is 1.02 bits per heavy atom. The van der Waals surface area contributed by atoms with Gasteiger partial charge in [0.2, 0.25) is 11.5 Å². The largest absolute Gasteiger partial charge is 0.458 e. The number of esters is 2. The molecule has 1 saturated heterocycles. The van der Waals surface area contributed by atoms with E-state index in [0.717, 1.165) is 4.57 Å². The minimum absolute atomic E-state index is 0.163. The lowest BCUT2D eigenvalue weighted by molar-refractivity contribution is -0.168. The van der Waals surface area contributed by atoms with Crippen molar-refractivity contribution in [2.45, 2.75) is 31.3 Å². The highest BCUT2D eigenvalue weighted by Crippen LogP contribution is 2.39. The fourth-order valence-corrected chi connectivity index (χ4v) is 4.17. The summed E-state index contributed by atoms with van der Waals surface area (Å²) >= 11 is 0. The van der Waals surface area contributed by atoms with E-state index < -0.39 is 66.1 Å². The minimum atomic E-state index is -2.21. The number of H-pyrrole nitrogens is 1. The lowest BCUT2D eigenvalue weighted by atomic mass is 9.95. The second kappa shape index (κ2) is 11.8. The van der Waals surface area contributed by atoms with Crippen molar-refractivity contribution in [2.24, 2.45) is 5.73 Å². The lowest BCUT2D eigenvalue weighted by Gasteiger charge is -2.32. The Kier molecular flexibility index (Phi) is 8.24. The van der Waals surface area contributed by atoms with Gasteiger partial charge in [-0.2, -0.15) is 0 Å². The number of primary amides is 1. The van der Waals surface area contributed by atoms with Gasteiger partial charge in [-0.05, 0) is 31.2 Å². The summed E-state index contributed by atoms with van der Waals surface area (Å²) in [6.45, 7) is 0.106. The highest BCUT2D eigenvalue weighted by atomic mass is 16.6. The molecular formula is C27H26N4O9.